The molecule has 16 heavy (non-hydrogen) atoms. The molecule has 4 heteroatoms. The molecule has 0 unspecified atom stereocenters. The van der Waals surface area contributed by atoms with Gasteiger partial charge in [-0.1, -0.05) is 18.2 Å². The lowest BCUT2D eigenvalue weighted by atomic mass is 10.3. The van der Waals surface area contributed by atoms with E-state index in [-0.39, 0.29) is 0 Å². The van der Waals surface area contributed by atoms with Crippen molar-refractivity contribution in [1.29, 1.82) is 0 Å². The summed E-state index contributed by atoms with van der Waals surface area (Å²) in [5.41, 5.74) is 2.09. The van der Waals surface area contributed by atoms with E-state index in [0.717, 1.165) is 20.3 Å². The SMILES string of the molecule is Brc1cnc(CNc2ccccc2)c(Br)c1. The molecule has 1 heterocycles. The first-order valence-corrected chi connectivity index (χ1v) is 6.43. The minimum atomic E-state index is 0.706. The van der Waals surface area contributed by atoms with Crippen LogP contribution in [0.25, 0.3) is 0 Å². The smallest absolute Gasteiger partial charge is 0.0737 e. The third-order valence-corrected chi connectivity index (χ3v) is 3.24. The first-order chi connectivity index (χ1) is 7.75. The summed E-state index contributed by atoms with van der Waals surface area (Å²) in [5, 5.41) is 3.31. The number of pyridine rings is 1. The zero-order valence-electron chi connectivity index (χ0n) is 8.45. The second-order valence-electron chi connectivity index (χ2n) is 3.30. The maximum atomic E-state index is 4.34. The number of hydrogen-bond acceptors (Lipinski definition) is 2. The number of benzene rings is 1. The van der Waals surface area contributed by atoms with Crippen LogP contribution in [0.1, 0.15) is 5.69 Å². The van der Waals surface area contributed by atoms with Crippen molar-refractivity contribution >= 4 is 37.5 Å². The van der Waals surface area contributed by atoms with Gasteiger partial charge in [-0.25, -0.2) is 0 Å². The van der Waals surface area contributed by atoms with Crippen LogP contribution in [-0.2, 0) is 6.54 Å². The highest BCUT2D eigenvalue weighted by molar-refractivity contribution is 9.11. The van der Waals surface area contributed by atoms with Crippen molar-refractivity contribution in [1.82, 2.24) is 4.98 Å². The number of para-hydroxylation sites is 1. The molecule has 2 aromatic rings. The van der Waals surface area contributed by atoms with Gasteiger partial charge in [-0.3, -0.25) is 4.98 Å². The molecule has 2 nitrogen and oxygen atoms in total. The van der Waals surface area contributed by atoms with Crippen LogP contribution in [0.3, 0.4) is 0 Å². The van der Waals surface area contributed by atoms with E-state index in [9.17, 15) is 0 Å². The van der Waals surface area contributed by atoms with Crippen LogP contribution in [0.5, 0.6) is 0 Å². The molecule has 0 atom stereocenters. The molecular formula is C12H10Br2N2. The molecule has 0 saturated carbocycles. The monoisotopic (exact) mass is 340 g/mol. The van der Waals surface area contributed by atoms with E-state index < -0.39 is 0 Å². The molecule has 1 aromatic carbocycles. The highest BCUT2D eigenvalue weighted by atomic mass is 79.9. The molecular weight excluding hydrogens is 332 g/mol. The Morgan fingerprint density at radius 2 is 1.88 bits per heavy atom. The van der Waals surface area contributed by atoms with E-state index >= 15 is 0 Å². The van der Waals surface area contributed by atoms with E-state index in [1.54, 1.807) is 6.20 Å². The molecule has 0 saturated heterocycles. The van der Waals surface area contributed by atoms with Gasteiger partial charge in [0.15, 0.2) is 0 Å². The Morgan fingerprint density at radius 1 is 1.12 bits per heavy atom. The number of anilines is 1. The normalized spacial score (nSPS) is 10.1. The number of nitrogens with one attached hydrogen (secondary N) is 1. The summed E-state index contributed by atoms with van der Waals surface area (Å²) in [6.07, 6.45) is 1.80. The lowest BCUT2D eigenvalue weighted by molar-refractivity contribution is 1.03. The van der Waals surface area contributed by atoms with E-state index in [1.165, 1.54) is 0 Å². The number of halogens is 2. The van der Waals surface area contributed by atoms with Gasteiger partial charge >= 0.3 is 0 Å². The second kappa shape index (κ2) is 5.46. The van der Waals surface area contributed by atoms with Crippen LogP contribution in [0.15, 0.2) is 51.5 Å². The van der Waals surface area contributed by atoms with Crippen molar-refractivity contribution in [2.24, 2.45) is 0 Å². The zero-order chi connectivity index (χ0) is 11.4. The van der Waals surface area contributed by atoms with Crippen LogP contribution >= 0.6 is 31.9 Å². The highest BCUT2D eigenvalue weighted by Gasteiger charge is 2.01. The van der Waals surface area contributed by atoms with Gasteiger partial charge in [-0.2, -0.15) is 0 Å². The summed E-state index contributed by atoms with van der Waals surface area (Å²) in [4.78, 5) is 4.34. The van der Waals surface area contributed by atoms with Gasteiger partial charge in [0.25, 0.3) is 0 Å². The molecule has 0 amide bonds. The van der Waals surface area contributed by atoms with Gasteiger partial charge in [-0.15, -0.1) is 0 Å². The largest absolute Gasteiger partial charge is 0.379 e. The van der Waals surface area contributed by atoms with Crippen LogP contribution in [0.4, 0.5) is 5.69 Å². The Kier molecular flexibility index (Phi) is 3.96. The molecule has 2 rings (SSSR count). The first kappa shape index (κ1) is 11.6. The summed E-state index contributed by atoms with van der Waals surface area (Å²) in [5.74, 6) is 0. The molecule has 0 aliphatic rings. The molecule has 82 valence electrons. The lowest BCUT2D eigenvalue weighted by Crippen LogP contribution is -2.02. The summed E-state index contributed by atoms with van der Waals surface area (Å²) in [6, 6.07) is 12.1. The topological polar surface area (TPSA) is 24.9 Å². The fourth-order valence-electron chi connectivity index (χ4n) is 1.31. The third-order valence-electron chi connectivity index (χ3n) is 2.12. The van der Waals surface area contributed by atoms with Gasteiger partial charge in [0.2, 0.25) is 0 Å². The highest BCUT2D eigenvalue weighted by Crippen LogP contribution is 2.20. The van der Waals surface area contributed by atoms with Crippen molar-refractivity contribution in [3.05, 3.63) is 57.2 Å². The van der Waals surface area contributed by atoms with E-state index in [2.05, 4.69) is 42.2 Å². The minimum absolute atomic E-state index is 0.706. The Morgan fingerprint density at radius 3 is 2.56 bits per heavy atom. The van der Waals surface area contributed by atoms with Gasteiger partial charge in [0.05, 0.1) is 12.2 Å². The third kappa shape index (κ3) is 3.06. The molecule has 1 aromatic heterocycles. The summed E-state index contributed by atoms with van der Waals surface area (Å²) < 4.78 is 1.98. The molecule has 0 spiro atoms. The Hall–Kier alpha value is -0.870. The second-order valence-corrected chi connectivity index (χ2v) is 5.07. The molecule has 0 bridgehead atoms. The van der Waals surface area contributed by atoms with Crippen molar-refractivity contribution in [3.63, 3.8) is 0 Å². The predicted octanol–water partition coefficient (Wildman–Crippen LogP) is 4.22. The quantitative estimate of drug-likeness (QED) is 0.904. The number of rotatable bonds is 3. The van der Waals surface area contributed by atoms with Crippen molar-refractivity contribution in [2.75, 3.05) is 5.32 Å². The van der Waals surface area contributed by atoms with E-state index in [1.807, 2.05) is 36.4 Å². The predicted molar refractivity (Wildman–Crippen MR) is 73.4 cm³/mol. The maximum absolute atomic E-state index is 4.34. The zero-order valence-corrected chi connectivity index (χ0v) is 11.6. The van der Waals surface area contributed by atoms with Crippen molar-refractivity contribution < 1.29 is 0 Å². The summed E-state index contributed by atoms with van der Waals surface area (Å²) in [6.45, 7) is 0.706. The number of nitrogens with zero attached hydrogens (tertiary/aromatic N) is 1. The minimum Gasteiger partial charge on any atom is -0.379 e. The van der Waals surface area contributed by atoms with Gasteiger partial charge in [0, 0.05) is 20.8 Å². The first-order valence-electron chi connectivity index (χ1n) is 4.84. The number of hydrogen-bond donors (Lipinski definition) is 1. The van der Waals surface area contributed by atoms with Crippen molar-refractivity contribution in [3.8, 4) is 0 Å². The van der Waals surface area contributed by atoms with Gasteiger partial charge in [-0.05, 0) is 50.1 Å². The lowest BCUT2D eigenvalue weighted by Gasteiger charge is -2.07. The van der Waals surface area contributed by atoms with Crippen LogP contribution in [-0.4, -0.2) is 4.98 Å². The average molecular weight is 342 g/mol. The van der Waals surface area contributed by atoms with Crippen LogP contribution in [0.2, 0.25) is 0 Å². The fourth-order valence-corrected chi connectivity index (χ4v) is 2.44. The van der Waals surface area contributed by atoms with Crippen LogP contribution < -0.4 is 5.32 Å². The number of aromatic nitrogens is 1. The van der Waals surface area contributed by atoms with Gasteiger partial charge < -0.3 is 5.32 Å². The summed E-state index contributed by atoms with van der Waals surface area (Å²) in [7, 11) is 0. The Labute approximate surface area is 111 Å². The van der Waals surface area contributed by atoms with Gasteiger partial charge in [0.1, 0.15) is 0 Å². The maximum Gasteiger partial charge on any atom is 0.0737 e. The Balaban J connectivity index is 2.05. The Bertz CT molecular complexity index is 472. The van der Waals surface area contributed by atoms with E-state index in [4.69, 9.17) is 0 Å². The van der Waals surface area contributed by atoms with E-state index in [0.29, 0.717) is 6.54 Å². The molecule has 0 aliphatic carbocycles. The average Bonchev–Trinajstić information content (AvgIpc) is 2.29. The van der Waals surface area contributed by atoms with Crippen LogP contribution in [0, 0.1) is 0 Å². The van der Waals surface area contributed by atoms with Crippen molar-refractivity contribution in [2.45, 2.75) is 6.54 Å². The fraction of sp³-hybridized carbons (Fsp3) is 0.0833. The molecule has 0 fully saturated rings. The molecule has 1 N–H and O–H groups in total. The standard InChI is InChI=1S/C12H10Br2N2/c13-9-6-11(14)12(16-7-9)8-15-10-4-2-1-3-5-10/h1-7,15H,8H2. The summed E-state index contributed by atoms with van der Waals surface area (Å²) >= 11 is 6.87. The molecule has 0 aliphatic heterocycles. The molecule has 0 radical (unpaired) electrons.